The fourth-order valence-electron chi connectivity index (χ4n) is 4.49. The van der Waals surface area contributed by atoms with Crippen LogP contribution in [0, 0.1) is 19.8 Å². The van der Waals surface area contributed by atoms with Gasteiger partial charge < -0.3 is 14.8 Å². The number of hydrogen-bond donors (Lipinski definition) is 1. The summed E-state index contributed by atoms with van der Waals surface area (Å²) < 4.78 is 12.0. The first-order valence-corrected chi connectivity index (χ1v) is 10.9. The van der Waals surface area contributed by atoms with Gasteiger partial charge in [0.1, 0.15) is 11.7 Å². The first kappa shape index (κ1) is 21.2. The van der Waals surface area contributed by atoms with Crippen LogP contribution in [0.3, 0.4) is 0 Å². The number of carbonyl (C=O) groups is 1. The van der Waals surface area contributed by atoms with Gasteiger partial charge in [-0.25, -0.2) is 0 Å². The van der Waals surface area contributed by atoms with E-state index in [4.69, 9.17) is 44.9 Å². The summed E-state index contributed by atoms with van der Waals surface area (Å²) >= 11 is 18.5. The van der Waals surface area contributed by atoms with Crippen LogP contribution < -0.4 is 15.0 Å². The second kappa shape index (κ2) is 7.59. The normalized spacial score (nSPS) is 24.6. The zero-order chi connectivity index (χ0) is 21.8. The van der Waals surface area contributed by atoms with Gasteiger partial charge in [-0.15, -0.1) is 0 Å². The largest absolute Gasteiger partial charge is 0.466 e. The van der Waals surface area contributed by atoms with Crippen molar-refractivity contribution < 1.29 is 14.3 Å². The fourth-order valence-corrected chi connectivity index (χ4v) is 5.44. The molecule has 0 spiro atoms. The van der Waals surface area contributed by atoms with E-state index < -0.39 is 17.7 Å². The Balaban J connectivity index is 1.97. The molecule has 2 bridgehead atoms. The number of aryl methyl sites for hydroxylation is 2. The van der Waals surface area contributed by atoms with E-state index in [0.29, 0.717) is 26.5 Å². The molecule has 3 atom stereocenters. The average Bonchev–Trinajstić information content (AvgIpc) is 2.65. The SMILES string of the molecule is CCOC(=O)[C@H]1[C@H]2NC(=S)N(c3c(C)cccc3C)[C@@]1(C)Oc1c(Cl)cc(Cl)cc12. The number of halogens is 2. The summed E-state index contributed by atoms with van der Waals surface area (Å²) in [5.74, 6) is -0.594. The number of nitrogens with one attached hydrogen (secondary N) is 1. The second-order valence-electron chi connectivity index (χ2n) is 7.70. The smallest absolute Gasteiger partial charge is 0.317 e. The average molecular weight is 465 g/mol. The van der Waals surface area contributed by atoms with Crippen LogP contribution >= 0.6 is 35.4 Å². The topological polar surface area (TPSA) is 50.8 Å². The molecule has 0 saturated carbocycles. The van der Waals surface area contributed by atoms with Crippen molar-refractivity contribution in [1.29, 1.82) is 0 Å². The Morgan fingerprint density at radius 1 is 1.30 bits per heavy atom. The van der Waals surface area contributed by atoms with E-state index in [9.17, 15) is 4.79 Å². The molecule has 1 fully saturated rings. The summed E-state index contributed by atoms with van der Waals surface area (Å²) in [5, 5.41) is 4.63. The van der Waals surface area contributed by atoms with Gasteiger partial charge in [-0.2, -0.15) is 0 Å². The van der Waals surface area contributed by atoms with Gasteiger partial charge in [-0.3, -0.25) is 9.69 Å². The van der Waals surface area contributed by atoms with E-state index in [-0.39, 0.29) is 12.6 Å². The first-order valence-electron chi connectivity index (χ1n) is 9.70. The highest BCUT2D eigenvalue weighted by Gasteiger charge is 2.60. The van der Waals surface area contributed by atoms with Crippen LogP contribution in [0.2, 0.25) is 10.0 Å². The highest BCUT2D eigenvalue weighted by Crippen LogP contribution is 2.53. The maximum absolute atomic E-state index is 13.2. The maximum Gasteiger partial charge on any atom is 0.317 e. The van der Waals surface area contributed by atoms with Gasteiger partial charge in [-0.1, -0.05) is 41.4 Å². The summed E-state index contributed by atoms with van der Waals surface area (Å²) in [6, 6.07) is 8.89. The third kappa shape index (κ3) is 3.13. The molecule has 2 aromatic rings. The Morgan fingerprint density at radius 2 is 1.97 bits per heavy atom. The second-order valence-corrected chi connectivity index (χ2v) is 8.93. The Kier molecular flexibility index (Phi) is 5.37. The predicted molar refractivity (Wildman–Crippen MR) is 122 cm³/mol. The van der Waals surface area contributed by atoms with Crippen LogP contribution in [-0.2, 0) is 9.53 Å². The number of ether oxygens (including phenoxy) is 2. The third-order valence-electron chi connectivity index (χ3n) is 5.72. The molecule has 2 heterocycles. The summed E-state index contributed by atoms with van der Waals surface area (Å²) in [6.07, 6.45) is 0. The van der Waals surface area contributed by atoms with E-state index >= 15 is 0 Å². The maximum atomic E-state index is 13.2. The van der Waals surface area contributed by atoms with E-state index in [2.05, 4.69) is 5.32 Å². The molecule has 2 aromatic carbocycles. The molecule has 8 heteroatoms. The number of esters is 1. The summed E-state index contributed by atoms with van der Waals surface area (Å²) in [6.45, 7) is 7.90. The first-order chi connectivity index (χ1) is 14.2. The van der Waals surface area contributed by atoms with Crippen molar-refractivity contribution in [2.24, 2.45) is 5.92 Å². The Labute approximate surface area is 191 Å². The van der Waals surface area contributed by atoms with Gasteiger partial charge in [0.05, 0.1) is 23.4 Å². The number of carbonyl (C=O) groups excluding carboxylic acids is 1. The van der Waals surface area contributed by atoms with Crippen molar-refractivity contribution in [1.82, 2.24) is 5.32 Å². The van der Waals surface area contributed by atoms with Crippen molar-refractivity contribution in [2.75, 3.05) is 11.5 Å². The minimum absolute atomic E-state index is 0.259. The number of thiocarbonyl (C=S) groups is 1. The molecule has 1 saturated heterocycles. The molecule has 0 radical (unpaired) electrons. The standard InChI is InChI=1S/C22H22Cl2N2O3S/c1-5-28-20(27)16-17-14-9-13(23)10-15(24)19(14)29-22(16,4)26(21(30)25-17)18-11(2)7-6-8-12(18)3/h6-10,16-17H,5H2,1-4H3,(H,25,30)/t16-,17+,22+/m1/s1. The molecule has 1 N–H and O–H groups in total. The van der Waals surface area contributed by atoms with Gasteiger partial charge in [-0.05, 0) is 63.2 Å². The third-order valence-corrected chi connectivity index (χ3v) is 6.52. The minimum atomic E-state index is -1.15. The number of benzene rings is 2. The van der Waals surface area contributed by atoms with Crippen LogP contribution in [0.1, 0.15) is 36.6 Å². The predicted octanol–water partition coefficient (Wildman–Crippen LogP) is 5.33. The van der Waals surface area contributed by atoms with Crippen molar-refractivity contribution >= 4 is 52.2 Å². The highest BCUT2D eigenvalue weighted by molar-refractivity contribution is 7.80. The van der Waals surface area contributed by atoms with Crippen molar-refractivity contribution in [3.05, 3.63) is 57.1 Å². The van der Waals surface area contributed by atoms with Gasteiger partial charge in [0.2, 0.25) is 5.72 Å². The van der Waals surface area contributed by atoms with Crippen molar-refractivity contribution in [3.8, 4) is 5.75 Å². The Morgan fingerprint density at radius 3 is 2.60 bits per heavy atom. The van der Waals surface area contributed by atoms with Gasteiger partial charge >= 0.3 is 5.97 Å². The summed E-state index contributed by atoms with van der Waals surface area (Å²) in [4.78, 5) is 15.0. The Bertz CT molecular complexity index is 1040. The molecule has 30 heavy (non-hydrogen) atoms. The summed E-state index contributed by atoms with van der Waals surface area (Å²) in [5.41, 5.74) is 2.45. The molecule has 158 valence electrons. The number of rotatable bonds is 3. The molecule has 0 unspecified atom stereocenters. The molecule has 0 aliphatic carbocycles. The quantitative estimate of drug-likeness (QED) is 0.488. The van der Waals surface area contributed by atoms with Crippen LogP contribution in [-0.4, -0.2) is 23.4 Å². The lowest BCUT2D eigenvalue weighted by molar-refractivity contribution is -0.159. The number of anilines is 1. The molecule has 5 nitrogen and oxygen atoms in total. The zero-order valence-electron chi connectivity index (χ0n) is 17.1. The molecular weight excluding hydrogens is 443 g/mol. The van der Waals surface area contributed by atoms with E-state index in [0.717, 1.165) is 16.8 Å². The number of fused-ring (bicyclic) bond motifs is 4. The molecule has 2 aliphatic heterocycles. The number of nitrogens with zero attached hydrogens (tertiary/aromatic N) is 1. The summed E-state index contributed by atoms with van der Waals surface area (Å²) in [7, 11) is 0. The monoisotopic (exact) mass is 464 g/mol. The molecule has 4 rings (SSSR count). The van der Waals surface area contributed by atoms with Crippen LogP contribution in [0.5, 0.6) is 5.75 Å². The van der Waals surface area contributed by atoms with E-state index in [1.807, 2.05) is 43.9 Å². The Hall–Kier alpha value is -2.02. The highest BCUT2D eigenvalue weighted by atomic mass is 35.5. The zero-order valence-corrected chi connectivity index (χ0v) is 19.4. The van der Waals surface area contributed by atoms with Crippen LogP contribution in [0.4, 0.5) is 5.69 Å². The molecule has 0 amide bonds. The van der Waals surface area contributed by atoms with Gasteiger partial charge in [0, 0.05) is 10.6 Å². The molecule has 2 aliphatic rings. The van der Waals surface area contributed by atoms with Crippen molar-refractivity contribution in [3.63, 3.8) is 0 Å². The lowest BCUT2D eigenvalue weighted by Crippen LogP contribution is -2.72. The number of hydrogen-bond acceptors (Lipinski definition) is 4. The van der Waals surface area contributed by atoms with Crippen molar-refractivity contribution in [2.45, 2.75) is 39.5 Å². The van der Waals surface area contributed by atoms with Gasteiger partial charge in [0.15, 0.2) is 5.11 Å². The fraction of sp³-hybridized carbons (Fsp3) is 0.364. The molecular formula is C22H22Cl2N2O3S. The van der Waals surface area contributed by atoms with E-state index in [1.165, 1.54) is 0 Å². The van der Waals surface area contributed by atoms with Crippen LogP contribution in [0.25, 0.3) is 0 Å². The molecule has 0 aromatic heterocycles. The van der Waals surface area contributed by atoms with E-state index in [1.54, 1.807) is 19.1 Å². The number of para-hydroxylation sites is 1. The lowest BCUT2D eigenvalue weighted by atomic mass is 9.79. The van der Waals surface area contributed by atoms with Gasteiger partial charge in [0.25, 0.3) is 0 Å². The lowest BCUT2D eigenvalue weighted by Gasteiger charge is -2.56. The minimum Gasteiger partial charge on any atom is -0.466 e. The van der Waals surface area contributed by atoms with Crippen LogP contribution in [0.15, 0.2) is 30.3 Å².